The van der Waals surface area contributed by atoms with Gasteiger partial charge in [-0.3, -0.25) is 4.90 Å². The van der Waals surface area contributed by atoms with E-state index in [-0.39, 0.29) is 16.8 Å². The van der Waals surface area contributed by atoms with Crippen molar-refractivity contribution in [1.29, 1.82) is 0 Å². The molecule has 1 aromatic carbocycles. The van der Waals surface area contributed by atoms with E-state index in [0.29, 0.717) is 12.6 Å². The van der Waals surface area contributed by atoms with Crippen molar-refractivity contribution >= 4 is 9.84 Å². The maximum absolute atomic E-state index is 12.9. The SMILES string of the molecule is CC(C)CS(=O)(=O)c1ncc(CN2CCC(N(C)C)C2)n1Cc1ccccc1. The molecule has 0 radical (unpaired) electrons. The Hall–Kier alpha value is -1.70. The number of nitrogens with zero attached hydrogens (tertiary/aromatic N) is 4. The lowest BCUT2D eigenvalue weighted by Crippen LogP contribution is -2.31. The highest BCUT2D eigenvalue weighted by atomic mass is 32.2. The van der Waals surface area contributed by atoms with E-state index >= 15 is 0 Å². The van der Waals surface area contributed by atoms with Crippen molar-refractivity contribution in [3.8, 4) is 0 Å². The van der Waals surface area contributed by atoms with Gasteiger partial charge in [-0.15, -0.1) is 0 Å². The van der Waals surface area contributed by atoms with Crippen LogP contribution in [0.2, 0.25) is 0 Å². The quantitative estimate of drug-likeness (QED) is 0.677. The lowest BCUT2D eigenvalue weighted by Gasteiger charge is -2.21. The number of hydrogen-bond donors (Lipinski definition) is 0. The van der Waals surface area contributed by atoms with Gasteiger partial charge in [0.2, 0.25) is 15.0 Å². The minimum atomic E-state index is -3.42. The predicted octanol–water partition coefficient (Wildman–Crippen LogP) is 2.50. The van der Waals surface area contributed by atoms with Gasteiger partial charge < -0.3 is 9.47 Å². The summed E-state index contributed by atoms with van der Waals surface area (Å²) in [6, 6.07) is 10.5. The molecule has 0 amide bonds. The molecule has 3 rings (SSSR count). The van der Waals surface area contributed by atoms with Crippen molar-refractivity contribution in [2.75, 3.05) is 32.9 Å². The van der Waals surface area contributed by atoms with Crippen LogP contribution < -0.4 is 0 Å². The van der Waals surface area contributed by atoms with Gasteiger partial charge in [0.05, 0.1) is 24.2 Å². The van der Waals surface area contributed by atoms with Gasteiger partial charge in [-0.25, -0.2) is 13.4 Å². The number of likely N-dealkylation sites (N-methyl/N-ethyl adjacent to an activating group) is 1. The summed E-state index contributed by atoms with van der Waals surface area (Å²) < 4.78 is 27.8. The minimum absolute atomic E-state index is 0.0646. The van der Waals surface area contributed by atoms with Crippen molar-refractivity contribution in [2.24, 2.45) is 5.92 Å². The second kappa shape index (κ2) is 8.76. The van der Waals surface area contributed by atoms with Crippen LogP contribution in [0.3, 0.4) is 0 Å². The van der Waals surface area contributed by atoms with Gasteiger partial charge >= 0.3 is 0 Å². The fraction of sp³-hybridized carbons (Fsp3) is 0.571. The van der Waals surface area contributed by atoms with Crippen molar-refractivity contribution in [3.63, 3.8) is 0 Å². The first-order chi connectivity index (χ1) is 13.3. The highest BCUT2D eigenvalue weighted by Crippen LogP contribution is 2.21. The Kier molecular flexibility index (Phi) is 6.58. The van der Waals surface area contributed by atoms with Crippen LogP contribution in [0.4, 0.5) is 0 Å². The first-order valence-corrected chi connectivity index (χ1v) is 11.6. The van der Waals surface area contributed by atoms with Crippen molar-refractivity contribution in [3.05, 3.63) is 47.8 Å². The Morgan fingerprint density at radius 1 is 1.18 bits per heavy atom. The summed E-state index contributed by atoms with van der Waals surface area (Å²) in [5, 5.41) is 0.198. The second-order valence-corrected chi connectivity index (χ2v) is 10.3. The van der Waals surface area contributed by atoms with Gasteiger partial charge in [-0.1, -0.05) is 44.2 Å². The minimum Gasteiger partial charge on any atom is -0.313 e. The average molecular weight is 405 g/mol. The van der Waals surface area contributed by atoms with Crippen LogP contribution >= 0.6 is 0 Å². The Labute approximate surface area is 169 Å². The zero-order valence-electron chi connectivity index (χ0n) is 17.4. The molecule has 7 heteroatoms. The van der Waals surface area contributed by atoms with Gasteiger partial charge in [0, 0.05) is 25.7 Å². The van der Waals surface area contributed by atoms with E-state index in [1.54, 1.807) is 6.20 Å². The molecule has 6 nitrogen and oxygen atoms in total. The third kappa shape index (κ3) is 5.01. The summed E-state index contributed by atoms with van der Waals surface area (Å²) in [5.74, 6) is 0.180. The molecule has 1 aliphatic rings. The number of benzene rings is 1. The van der Waals surface area contributed by atoms with Gasteiger partial charge in [-0.2, -0.15) is 0 Å². The molecule has 0 aliphatic carbocycles. The zero-order chi connectivity index (χ0) is 20.3. The third-order valence-corrected chi connectivity index (χ3v) is 7.27. The molecule has 0 saturated carbocycles. The number of imidazole rings is 1. The summed E-state index contributed by atoms with van der Waals surface area (Å²) in [4.78, 5) is 9.03. The van der Waals surface area contributed by atoms with Gasteiger partial charge in [-0.05, 0) is 32.0 Å². The molecule has 0 N–H and O–H groups in total. The van der Waals surface area contributed by atoms with E-state index in [2.05, 4.69) is 28.9 Å². The maximum atomic E-state index is 12.9. The molecule has 2 heterocycles. The van der Waals surface area contributed by atoms with E-state index in [4.69, 9.17) is 0 Å². The molecule has 0 bridgehead atoms. The highest BCUT2D eigenvalue weighted by molar-refractivity contribution is 7.91. The molecular formula is C21H32N4O2S. The Balaban J connectivity index is 1.89. The van der Waals surface area contributed by atoms with Crippen molar-refractivity contribution < 1.29 is 8.42 Å². The van der Waals surface area contributed by atoms with Crippen molar-refractivity contribution in [2.45, 2.75) is 44.6 Å². The molecule has 2 aromatic rings. The van der Waals surface area contributed by atoms with E-state index in [1.165, 1.54) is 0 Å². The van der Waals surface area contributed by atoms with E-state index < -0.39 is 9.84 Å². The zero-order valence-corrected chi connectivity index (χ0v) is 18.2. The molecule has 1 aliphatic heterocycles. The molecule has 1 aromatic heterocycles. The predicted molar refractivity (Wildman–Crippen MR) is 112 cm³/mol. The van der Waals surface area contributed by atoms with E-state index in [1.807, 2.05) is 48.7 Å². The standard InChI is InChI=1S/C21H32N4O2S/c1-17(2)16-28(26,27)21-22-12-20(15-24-11-10-19(14-24)23(3)4)25(21)13-18-8-6-5-7-9-18/h5-9,12,17,19H,10-11,13-16H2,1-4H3. The van der Waals surface area contributed by atoms with Gasteiger partial charge in [0.25, 0.3) is 0 Å². The molecule has 0 spiro atoms. The number of hydrogen-bond acceptors (Lipinski definition) is 5. The molecule has 1 unspecified atom stereocenters. The fourth-order valence-electron chi connectivity index (χ4n) is 3.82. The van der Waals surface area contributed by atoms with Crippen LogP contribution in [-0.4, -0.2) is 66.7 Å². The summed E-state index contributed by atoms with van der Waals surface area (Å²) in [7, 11) is 0.809. The molecule has 28 heavy (non-hydrogen) atoms. The number of sulfone groups is 1. The van der Waals surface area contributed by atoms with Crippen LogP contribution in [0.5, 0.6) is 0 Å². The molecular weight excluding hydrogens is 372 g/mol. The largest absolute Gasteiger partial charge is 0.313 e. The monoisotopic (exact) mass is 404 g/mol. The lowest BCUT2D eigenvalue weighted by molar-refractivity contribution is 0.261. The average Bonchev–Trinajstić information content (AvgIpc) is 3.23. The molecule has 1 saturated heterocycles. The van der Waals surface area contributed by atoms with Crippen molar-refractivity contribution in [1.82, 2.24) is 19.4 Å². The van der Waals surface area contributed by atoms with Crippen LogP contribution in [0.25, 0.3) is 0 Å². The normalized spacial score (nSPS) is 18.4. The van der Waals surface area contributed by atoms with Crippen LogP contribution in [-0.2, 0) is 22.9 Å². The van der Waals surface area contributed by atoms with Gasteiger partial charge in [0.15, 0.2) is 0 Å². The summed E-state index contributed by atoms with van der Waals surface area (Å²) in [6.45, 7) is 7.11. The van der Waals surface area contributed by atoms with Crippen LogP contribution in [0.1, 0.15) is 31.5 Å². The smallest absolute Gasteiger partial charge is 0.228 e. The Morgan fingerprint density at radius 3 is 2.50 bits per heavy atom. The fourth-order valence-corrected chi connectivity index (χ4v) is 5.58. The molecule has 1 fully saturated rings. The van der Waals surface area contributed by atoms with Crippen LogP contribution in [0.15, 0.2) is 41.7 Å². The van der Waals surface area contributed by atoms with Gasteiger partial charge in [0.1, 0.15) is 0 Å². The first-order valence-electron chi connectivity index (χ1n) is 9.96. The number of likely N-dealkylation sites (tertiary alicyclic amines) is 1. The number of rotatable bonds is 8. The van der Waals surface area contributed by atoms with E-state index in [0.717, 1.165) is 37.3 Å². The van der Waals surface area contributed by atoms with Crippen LogP contribution in [0, 0.1) is 5.92 Å². The highest BCUT2D eigenvalue weighted by Gasteiger charge is 2.28. The Morgan fingerprint density at radius 2 is 1.89 bits per heavy atom. The first kappa shape index (κ1) is 21.0. The topological polar surface area (TPSA) is 58.4 Å². The second-order valence-electron chi connectivity index (χ2n) is 8.42. The maximum Gasteiger partial charge on any atom is 0.228 e. The number of aromatic nitrogens is 2. The Bertz CT molecular complexity index is 875. The molecule has 1 atom stereocenters. The third-order valence-electron chi connectivity index (χ3n) is 5.28. The van der Waals surface area contributed by atoms with E-state index in [9.17, 15) is 8.42 Å². The lowest BCUT2D eigenvalue weighted by atomic mass is 10.2. The summed E-state index contributed by atoms with van der Waals surface area (Å²) >= 11 is 0. The summed E-state index contributed by atoms with van der Waals surface area (Å²) in [6.07, 6.45) is 2.89. The molecule has 154 valence electrons. The summed E-state index contributed by atoms with van der Waals surface area (Å²) in [5.41, 5.74) is 2.04.